The fourth-order valence-corrected chi connectivity index (χ4v) is 2.96. The highest BCUT2D eigenvalue weighted by molar-refractivity contribution is 5.76. The number of aromatic nitrogens is 1. The maximum atomic E-state index is 12.1. The molecule has 1 fully saturated rings. The maximum Gasteiger partial charge on any atom is 0.251 e. The lowest BCUT2D eigenvalue weighted by molar-refractivity contribution is -0.123. The van der Waals surface area contributed by atoms with Crippen molar-refractivity contribution in [1.29, 1.82) is 0 Å². The lowest BCUT2D eigenvalue weighted by Gasteiger charge is -2.33. The number of anilines is 1. The van der Waals surface area contributed by atoms with Crippen LogP contribution in [0.25, 0.3) is 0 Å². The summed E-state index contributed by atoms with van der Waals surface area (Å²) in [5.41, 5.74) is 5.91. The number of nitrogens with one attached hydrogen (secondary N) is 1. The van der Waals surface area contributed by atoms with Crippen molar-refractivity contribution in [3.05, 3.63) is 28.7 Å². The molecule has 1 aliphatic carbocycles. The molecule has 1 saturated carbocycles. The Kier molecular flexibility index (Phi) is 4.47. The van der Waals surface area contributed by atoms with Gasteiger partial charge in [0.15, 0.2) is 0 Å². The Labute approximate surface area is 119 Å². The molecule has 1 amide bonds. The van der Waals surface area contributed by atoms with Crippen LogP contribution in [0.3, 0.4) is 0 Å². The van der Waals surface area contributed by atoms with Crippen LogP contribution >= 0.6 is 0 Å². The number of hydrogen-bond acceptors (Lipinski definition) is 3. The first kappa shape index (κ1) is 14.6. The summed E-state index contributed by atoms with van der Waals surface area (Å²) in [6, 6.07) is 3.14. The fraction of sp³-hybridized carbons (Fsp3) is 0.600. The highest BCUT2D eigenvalue weighted by Gasteiger charge is 2.26. The summed E-state index contributed by atoms with van der Waals surface area (Å²) in [6.07, 6.45) is 4.81. The van der Waals surface area contributed by atoms with Crippen molar-refractivity contribution >= 4 is 11.6 Å². The van der Waals surface area contributed by atoms with Crippen molar-refractivity contribution in [2.24, 2.45) is 11.8 Å². The van der Waals surface area contributed by atoms with Crippen LogP contribution in [0, 0.1) is 11.8 Å². The van der Waals surface area contributed by atoms with Gasteiger partial charge in [0.05, 0.1) is 0 Å². The second-order valence-electron chi connectivity index (χ2n) is 6.00. The minimum atomic E-state index is -0.209. The largest absolute Gasteiger partial charge is 0.398 e. The van der Waals surface area contributed by atoms with Gasteiger partial charge in [-0.3, -0.25) is 9.59 Å². The lowest BCUT2D eigenvalue weighted by atomic mass is 9.80. The molecule has 3 N–H and O–H groups in total. The van der Waals surface area contributed by atoms with Crippen LogP contribution in [0.2, 0.25) is 0 Å². The molecule has 0 spiro atoms. The first-order chi connectivity index (χ1) is 9.45. The van der Waals surface area contributed by atoms with E-state index in [4.69, 9.17) is 5.73 Å². The van der Waals surface area contributed by atoms with Gasteiger partial charge >= 0.3 is 0 Å². The molecule has 5 heteroatoms. The summed E-state index contributed by atoms with van der Waals surface area (Å²) >= 11 is 0. The average molecular weight is 277 g/mol. The molecular formula is C15H23N3O2. The molecule has 0 saturated heterocycles. The van der Waals surface area contributed by atoms with Crippen LogP contribution in [0.1, 0.15) is 33.1 Å². The van der Waals surface area contributed by atoms with Crippen molar-refractivity contribution in [2.75, 3.05) is 5.73 Å². The van der Waals surface area contributed by atoms with E-state index in [2.05, 4.69) is 19.2 Å². The summed E-state index contributed by atoms with van der Waals surface area (Å²) in [5, 5.41) is 3.04. The maximum absolute atomic E-state index is 12.1. The first-order valence-corrected chi connectivity index (χ1v) is 7.21. The molecule has 20 heavy (non-hydrogen) atoms. The van der Waals surface area contributed by atoms with Crippen LogP contribution in [-0.4, -0.2) is 16.5 Å². The first-order valence-electron chi connectivity index (χ1n) is 7.21. The number of rotatable bonds is 3. The van der Waals surface area contributed by atoms with Crippen LogP contribution in [0.4, 0.5) is 5.69 Å². The Morgan fingerprint density at radius 2 is 2.15 bits per heavy atom. The molecule has 110 valence electrons. The molecule has 3 unspecified atom stereocenters. The molecule has 1 aliphatic rings. The van der Waals surface area contributed by atoms with Gasteiger partial charge in [-0.1, -0.05) is 13.8 Å². The second kappa shape index (κ2) is 6.11. The number of amides is 1. The second-order valence-corrected chi connectivity index (χ2v) is 6.00. The van der Waals surface area contributed by atoms with Gasteiger partial charge in [-0.05, 0) is 37.2 Å². The van der Waals surface area contributed by atoms with Crippen molar-refractivity contribution in [3.8, 4) is 0 Å². The van der Waals surface area contributed by atoms with Gasteiger partial charge in [0, 0.05) is 24.0 Å². The van der Waals surface area contributed by atoms with E-state index in [1.54, 1.807) is 6.07 Å². The number of nitrogen functional groups attached to an aromatic ring is 1. The van der Waals surface area contributed by atoms with Crippen LogP contribution in [0.15, 0.2) is 23.1 Å². The Bertz CT molecular complexity index is 538. The third-order valence-corrected chi connectivity index (χ3v) is 4.10. The molecular weight excluding hydrogens is 254 g/mol. The summed E-state index contributed by atoms with van der Waals surface area (Å²) in [5.74, 6) is 1.10. The number of hydrogen-bond donors (Lipinski definition) is 2. The van der Waals surface area contributed by atoms with E-state index in [-0.39, 0.29) is 24.1 Å². The van der Waals surface area contributed by atoms with Crippen LogP contribution in [-0.2, 0) is 11.3 Å². The van der Waals surface area contributed by atoms with Crippen LogP contribution in [0.5, 0.6) is 0 Å². The third kappa shape index (κ3) is 3.62. The molecule has 5 nitrogen and oxygen atoms in total. The Balaban J connectivity index is 1.95. The van der Waals surface area contributed by atoms with Gasteiger partial charge in [0.25, 0.3) is 5.56 Å². The van der Waals surface area contributed by atoms with E-state index in [9.17, 15) is 9.59 Å². The van der Waals surface area contributed by atoms with Crippen LogP contribution < -0.4 is 16.6 Å². The quantitative estimate of drug-likeness (QED) is 0.876. The third-order valence-electron chi connectivity index (χ3n) is 4.10. The van der Waals surface area contributed by atoms with Gasteiger partial charge in [0.1, 0.15) is 6.54 Å². The molecule has 1 aromatic heterocycles. The predicted molar refractivity (Wildman–Crippen MR) is 79.2 cm³/mol. The summed E-state index contributed by atoms with van der Waals surface area (Å²) in [4.78, 5) is 23.7. The van der Waals surface area contributed by atoms with E-state index in [0.717, 1.165) is 25.2 Å². The Morgan fingerprint density at radius 3 is 2.85 bits per heavy atom. The van der Waals surface area contributed by atoms with Gasteiger partial charge in [-0.15, -0.1) is 0 Å². The Morgan fingerprint density at radius 1 is 1.40 bits per heavy atom. The molecule has 1 aromatic rings. The SMILES string of the molecule is CC1CCC(NC(=O)Cn2cc(N)ccc2=O)C(C)C1. The summed E-state index contributed by atoms with van der Waals surface area (Å²) in [7, 11) is 0. The molecule has 3 atom stereocenters. The number of nitrogens with zero attached hydrogens (tertiary/aromatic N) is 1. The van der Waals surface area contributed by atoms with E-state index in [0.29, 0.717) is 11.6 Å². The number of carbonyl (C=O) groups is 1. The normalized spacial score (nSPS) is 26.2. The summed E-state index contributed by atoms with van der Waals surface area (Å²) < 4.78 is 1.35. The van der Waals surface area contributed by atoms with Crippen molar-refractivity contribution in [1.82, 2.24) is 9.88 Å². The summed E-state index contributed by atoms with van der Waals surface area (Å²) in [6.45, 7) is 4.46. The Hall–Kier alpha value is -1.78. The molecule has 0 radical (unpaired) electrons. The fourth-order valence-electron chi connectivity index (χ4n) is 2.96. The number of nitrogens with two attached hydrogens (primary N) is 1. The average Bonchev–Trinajstić information content (AvgIpc) is 2.37. The van der Waals surface area contributed by atoms with Crippen molar-refractivity contribution in [2.45, 2.75) is 45.7 Å². The smallest absolute Gasteiger partial charge is 0.251 e. The number of pyridine rings is 1. The van der Waals surface area contributed by atoms with Gasteiger partial charge in [-0.2, -0.15) is 0 Å². The van der Waals surface area contributed by atoms with E-state index in [1.165, 1.54) is 16.8 Å². The highest BCUT2D eigenvalue weighted by Crippen LogP contribution is 2.28. The van der Waals surface area contributed by atoms with E-state index >= 15 is 0 Å². The highest BCUT2D eigenvalue weighted by atomic mass is 16.2. The zero-order chi connectivity index (χ0) is 14.7. The van der Waals surface area contributed by atoms with Gasteiger partial charge in [0.2, 0.25) is 5.91 Å². The molecule has 0 aliphatic heterocycles. The standard InChI is InChI=1S/C15H23N3O2/c1-10-3-5-13(11(2)7-10)17-14(19)9-18-8-12(16)4-6-15(18)20/h4,6,8,10-11,13H,3,5,7,9,16H2,1-2H3,(H,17,19). The molecule has 0 aromatic carbocycles. The number of carbonyl (C=O) groups excluding carboxylic acids is 1. The van der Waals surface area contributed by atoms with Crippen molar-refractivity contribution < 1.29 is 4.79 Å². The monoisotopic (exact) mass is 277 g/mol. The zero-order valence-electron chi connectivity index (χ0n) is 12.1. The zero-order valence-corrected chi connectivity index (χ0v) is 12.1. The molecule has 0 bridgehead atoms. The van der Waals surface area contributed by atoms with Gasteiger partial charge in [-0.25, -0.2) is 0 Å². The van der Waals surface area contributed by atoms with Gasteiger partial charge < -0.3 is 15.6 Å². The minimum absolute atomic E-state index is 0.0304. The molecule has 2 rings (SSSR count). The van der Waals surface area contributed by atoms with E-state index < -0.39 is 0 Å². The molecule has 1 heterocycles. The van der Waals surface area contributed by atoms with E-state index in [1.807, 2.05) is 0 Å². The minimum Gasteiger partial charge on any atom is -0.398 e. The topological polar surface area (TPSA) is 77.1 Å². The lowest BCUT2D eigenvalue weighted by Crippen LogP contribution is -2.44. The predicted octanol–water partition coefficient (Wildman–Crippen LogP) is 1.37. The van der Waals surface area contributed by atoms with Crippen molar-refractivity contribution in [3.63, 3.8) is 0 Å².